The van der Waals surface area contributed by atoms with E-state index in [1.54, 1.807) is 0 Å². The van der Waals surface area contributed by atoms with E-state index in [1.807, 2.05) is 6.92 Å². The predicted octanol–water partition coefficient (Wildman–Crippen LogP) is 3.00. The first-order valence-corrected chi connectivity index (χ1v) is 7.98. The Hall–Kier alpha value is -0.570. The molecule has 3 nitrogen and oxygen atoms in total. The van der Waals surface area contributed by atoms with Crippen molar-refractivity contribution in [2.45, 2.75) is 78.6 Å². The van der Waals surface area contributed by atoms with Crippen LogP contribution in [0.2, 0.25) is 0 Å². The molecule has 1 amide bonds. The molecule has 1 saturated heterocycles. The standard InChI is InChI=1S/C16H30N2O/c1-10(2)8-15-17-13(5)16(19)18(15)14-7-6-11(3)12(4)9-14/h10-15,17H,6-9H2,1-5H3. The Labute approximate surface area is 118 Å². The molecule has 110 valence electrons. The molecule has 1 N–H and O–H groups in total. The van der Waals surface area contributed by atoms with E-state index in [1.165, 1.54) is 19.3 Å². The van der Waals surface area contributed by atoms with Crippen LogP contribution >= 0.6 is 0 Å². The molecule has 1 heterocycles. The second-order valence-electron chi connectivity index (χ2n) is 7.20. The van der Waals surface area contributed by atoms with E-state index < -0.39 is 0 Å². The van der Waals surface area contributed by atoms with Gasteiger partial charge in [0.1, 0.15) is 0 Å². The lowest BCUT2D eigenvalue weighted by atomic mass is 9.78. The second-order valence-corrected chi connectivity index (χ2v) is 7.20. The molecule has 0 radical (unpaired) electrons. The minimum atomic E-state index is -0.00148. The van der Waals surface area contributed by atoms with Crippen LogP contribution in [-0.2, 0) is 4.79 Å². The number of hydrogen-bond donors (Lipinski definition) is 1. The fraction of sp³-hybridized carbons (Fsp3) is 0.938. The van der Waals surface area contributed by atoms with Gasteiger partial charge in [0.2, 0.25) is 5.91 Å². The van der Waals surface area contributed by atoms with Gasteiger partial charge in [-0.3, -0.25) is 10.1 Å². The zero-order valence-corrected chi connectivity index (χ0v) is 13.1. The number of carbonyl (C=O) groups is 1. The zero-order valence-electron chi connectivity index (χ0n) is 13.1. The van der Waals surface area contributed by atoms with Gasteiger partial charge in [0, 0.05) is 6.04 Å². The Morgan fingerprint density at radius 1 is 1.21 bits per heavy atom. The number of nitrogens with one attached hydrogen (secondary N) is 1. The lowest BCUT2D eigenvalue weighted by molar-refractivity contribution is -0.133. The molecule has 0 aromatic carbocycles. The third-order valence-corrected chi connectivity index (χ3v) is 5.06. The van der Waals surface area contributed by atoms with Crippen LogP contribution in [-0.4, -0.2) is 29.1 Å². The minimum absolute atomic E-state index is 0.00148. The highest BCUT2D eigenvalue weighted by Gasteiger charge is 2.42. The first-order valence-electron chi connectivity index (χ1n) is 7.98. The topological polar surface area (TPSA) is 32.3 Å². The van der Waals surface area contributed by atoms with Crippen LogP contribution in [0.3, 0.4) is 0 Å². The highest BCUT2D eigenvalue weighted by atomic mass is 16.2. The number of carbonyl (C=O) groups excluding carboxylic acids is 1. The van der Waals surface area contributed by atoms with Crippen LogP contribution in [0.1, 0.15) is 60.3 Å². The monoisotopic (exact) mass is 266 g/mol. The lowest BCUT2D eigenvalue weighted by Crippen LogP contribution is -2.47. The van der Waals surface area contributed by atoms with E-state index >= 15 is 0 Å². The van der Waals surface area contributed by atoms with Crippen molar-refractivity contribution in [1.82, 2.24) is 10.2 Å². The largest absolute Gasteiger partial charge is 0.323 e. The van der Waals surface area contributed by atoms with Gasteiger partial charge >= 0.3 is 0 Å². The highest BCUT2D eigenvalue weighted by Crippen LogP contribution is 2.34. The summed E-state index contributed by atoms with van der Waals surface area (Å²) >= 11 is 0. The Morgan fingerprint density at radius 2 is 1.89 bits per heavy atom. The molecule has 2 rings (SSSR count). The normalized spacial score (nSPS) is 40.2. The van der Waals surface area contributed by atoms with Gasteiger partial charge in [-0.25, -0.2) is 0 Å². The number of rotatable bonds is 3. The Balaban J connectivity index is 2.08. The summed E-state index contributed by atoms with van der Waals surface area (Å²) in [5.74, 6) is 2.49. The average Bonchev–Trinajstić information content (AvgIpc) is 2.58. The number of hydrogen-bond acceptors (Lipinski definition) is 2. The summed E-state index contributed by atoms with van der Waals surface area (Å²) in [7, 11) is 0. The Kier molecular flexibility index (Phi) is 4.54. The molecule has 0 spiro atoms. The molecule has 3 heteroatoms. The third kappa shape index (κ3) is 3.13. The maximum atomic E-state index is 12.4. The molecule has 1 aliphatic carbocycles. The summed E-state index contributed by atoms with van der Waals surface area (Å²) < 4.78 is 0. The maximum Gasteiger partial charge on any atom is 0.240 e. The van der Waals surface area contributed by atoms with Crippen molar-refractivity contribution in [1.29, 1.82) is 0 Å². The van der Waals surface area contributed by atoms with E-state index in [0.717, 1.165) is 18.3 Å². The third-order valence-electron chi connectivity index (χ3n) is 5.06. The molecule has 0 bridgehead atoms. The summed E-state index contributed by atoms with van der Waals surface area (Å²) in [6.07, 6.45) is 4.94. The molecular formula is C16H30N2O. The van der Waals surface area contributed by atoms with Crippen molar-refractivity contribution in [2.75, 3.05) is 0 Å². The van der Waals surface area contributed by atoms with Gasteiger partial charge in [-0.1, -0.05) is 27.7 Å². The van der Waals surface area contributed by atoms with Crippen LogP contribution in [0.25, 0.3) is 0 Å². The highest BCUT2D eigenvalue weighted by molar-refractivity contribution is 5.84. The molecule has 5 unspecified atom stereocenters. The predicted molar refractivity (Wildman–Crippen MR) is 78.7 cm³/mol. The van der Waals surface area contributed by atoms with E-state index in [2.05, 4.69) is 37.9 Å². The molecule has 2 aliphatic rings. The fourth-order valence-electron chi connectivity index (χ4n) is 3.65. The SMILES string of the molecule is CC(C)CC1NC(C)C(=O)N1C1CCC(C)C(C)C1. The molecule has 1 aliphatic heterocycles. The number of amides is 1. The van der Waals surface area contributed by atoms with Crippen molar-refractivity contribution in [3.63, 3.8) is 0 Å². The first-order chi connectivity index (χ1) is 8.90. The number of nitrogens with zero attached hydrogens (tertiary/aromatic N) is 1. The summed E-state index contributed by atoms with van der Waals surface area (Å²) in [5.41, 5.74) is 0. The average molecular weight is 266 g/mol. The minimum Gasteiger partial charge on any atom is -0.323 e. The summed E-state index contributed by atoms with van der Waals surface area (Å²) in [4.78, 5) is 14.6. The smallest absolute Gasteiger partial charge is 0.240 e. The van der Waals surface area contributed by atoms with E-state index in [-0.39, 0.29) is 12.2 Å². The van der Waals surface area contributed by atoms with Gasteiger partial charge in [0.25, 0.3) is 0 Å². The Bertz CT molecular complexity index is 329. The summed E-state index contributed by atoms with van der Waals surface area (Å²) in [6.45, 7) is 11.2. The van der Waals surface area contributed by atoms with Crippen LogP contribution in [0, 0.1) is 17.8 Å². The quantitative estimate of drug-likeness (QED) is 0.851. The van der Waals surface area contributed by atoms with Gasteiger partial charge in [-0.05, 0) is 50.4 Å². The van der Waals surface area contributed by atoms with Crippen LogP contribution in [0.5, 0.6) is 0 Å². The molecule has 2 fully saturated rings. The van der Waals surface area contributed by atoms with Crippen molar-refractivity contribution in [3.8, 4) is 0 Å². The summed E-state index contributed by atoms with van der Waals surface area (Å²) in [5, 5.41) is 3.48. The molecule has 19 heavy (non-hydrogen) atoms. The van der Waals surface area contributed by atoms with Gasteiger partial charge in [-0.2, -0.15) is 0 Å². The Morgan fingerprint density at radius 3 is 2.47 bits per heavy atom. The van der Waals surface area contributed by atoms with Crippen LogP contribution in [0.15, 0.2) is 0 Å². The van der Waals surface area contributed by atoms with Crippen molar-refractivity contribution >= 4 is 5.91 Å². The van der Waals surface area contributed by atoms with Crippen molar-refractivity contribution in [2.24, 2.45) is 17.8 Å². The summed E-state index contributed by atoms with van der Waals surface area (Å²) in [6, 6.07) is 0.457. The molecule has 5 atom stereocenters. The molecule has 1 saturated carbocycles. The first kappa shape index (κ1) is 14.8. The van der Waals surface area contributed by atoms with E-state index in [0.29, 0.717) is 17.9 Å². The molecule has 0 aromatic heterocycles. The van der Waals surface area contributed by atoms with Gasteiger partial charge in [0.15, 0.2) is 0 Å². The molecule has 0 aromatic rings. The van der Waals surface area contributed by atoms with Gasteiger partial charge < -0.3 is 4.90 Å². The van der Waals surface area contributed by atoms with Crippen LogP contribution < -0.4 is 5.32 Å². The van der Waals surface area contributed by atoms with Crippen LogP contribution in [0.4, 0.5) is 0 Å². The van der Waals surface area contributed by atoms with E-state index in [9.17, 15) is 4.79 Å². The zero-order chi connectivity index (χ0) is 14.2. The lowest BCUT2D eigenvalue weighted by Gasteiger charge is -2.40. The second kappa shape index (κ2) is 5.82. The maximum absolute atomic E-state index is 12.4. The molecular weight excluding hydrogens is 236 g/mol. The van der Waals surface area contributed by atoms with Gasteiger partial charge in [-0.15, -0.1) is 0 Å². The fourth-order valence-corrected chi connectivity index (χ4v) is 3.65. The van der Waals surface area contributed by atoms with E-state index in [4.69, 9.17) is 0 Å². The van der Waals surface area contributed by atoms with Gasteiger partial charge in [0.05, 0.1) is 12.2 Å². The van der Waals surface area contributed by atoms with Crippen molar-refractivity contribution in [3.05, 3.63) is 0 Å². The van der Waals surface area contributed by atoms with Crippen molar-refractivity contribution < 1.29 is 4.79 Å².